The van der Waals surface area contributed by atoms with E-state index in [1.165, 1.54) is 0 Å². The summed E-state index contributed by atoms with van der Waals surface area (Å²) < 4.78 is 10.8. The van der Waals surface area contributed by atoms with E-state index in [4.69, 9.17) is 9.47 Å². The molecule has 3 aromatic carbocycles. The first kappa shape index (κ1) is 23.5. The van der Waals surface area contributed by atoms with Crippen LogP contribution < -0.4 is 15.0 Å². The maximum Gasteiger partial charge on any atom is 0.258 e. The van der Waals surface area contributed by atoms with E-state index >= 15 is 0 Å². The van der Waals surface area contributed by atoms with Crippen LogP contribution in [0.3, 0.4) is 0 Å². The molecule has 1 aliphatic rings. The molecular formula is C28H30N2O4. The highest BCUT2D eigenvalue weighted by Gasteiger charge is 2.19. The van der Waals surface area contributed by atoms with Crippen LogP contribution in [0.5, 0.6) is 5.75 Å². The van der Waals surface area contributed by atoms with Crippen molar-refractivity contribution in [3.63, 3.8) is 0 Å². The van der Waals surface area contributed by atoms with E-state index in [9.17, 15) is 9.59 Å². The summed E-state index contributed by atoms with van der Waals surface area (Å²) in [4.78, 5) is 27.5. The SMILES string of the molecule is COc1ccc(CN(C(=O)c2ccccc2)c2ccc(CC(=O)NC[C@H]3CCCO3)cc2)cc1. The molecule has 0 saturated carbocycles. The van der Waals surface area contributed by atoms with Crippen molar-refractivity contribution in [2.75, 3.05) is 25.2 Å². The van der Waals surface area contributed by atoms with Crippen molar-refractivity contribution in [3.05, 3.63) is 95.6 Å². The Kier molecular flexibility index (Phi) is 7.94. The number of carbonyl (C=O) groups excluding carboxylic acids is 2. The third-order valence-electron chi connectivity index (χ3n) is 5.93. The molecule has 0 spiro atoms. The number of nitrogens with one attached hydrogen (secondary N) is 1. The smallest absolute Gasteiger partial charge is 0.258 e. The molecule has 4 rings (SSSR count). The zero-order valence-electron chi connectivity index (χ0n) is 19.4. The largest absolute Gasteiger partial charge is 0.497 e. The molecule has 1 N–H and O–H groups in total. The molecule has 0 aliphatic carbocycles. The van der Waals surface area contributed by atoms with E-state index in [1.807, 2.05) is 78.9 Å². The Morgan fingerprint density at radius 2 is 1.68 bits per heavy atom. The molecular weight excluding hydrogens is 428 g/mol. The molecule has 1 heterocycles. The lowest BCUT2D eigenvalue weighted by molar-refractivity contribution is -0.120. The summed E-state index contributed by atoms with van der Waals surface area (Å²) in [6, 6.07) is 24.5. The lowest BCUT2D eigenvalue weighted by Crippen LogP contribution is -2.32. The Labute approximate surface area is 200 Å². The summed E-state index contributed by atoms with van der Waals surface area (Å²) in [6.45, 7) is 1.74. The number of methoxy groups -OCH3 is 1. The maximum atomic E-state index is 13.4. The van der Waals surface area contributed by atoms with Gasteiger partial charge in [0.1, 0.15) is 5.75 Å². The van der Waals surface area contributed by atoms with Gasteiger partial charge >= 0.3 is 0 Å². The van der Waals surface area contributed by atoms with Gasteiger partial charge in [0.05, 0.1) is 26.2 Å². The molecule has 0 unspecified atom stereocenters. The Morgan fingerprint density at radius 3 is 2.32 bits per heavy atom. The van der Waals surface area contributed by atoms with E-state index in [-0.39, 0.29) is 24.3 Å². The molecule has 1 atom stereocenters. The van der Waals surface area contributed by atoms with Gasteiger partial charge in [0, 0.05) is 24.4 Å². The van der Waals surface area contributed by atoms with E-state index in [2.05, 4.69) is 5.32 Å². The predicted molar refractivity (Wildman–Crippen MR) is 132 cm³/mol. The van der Waals surface area contributed by atoms with E-state index in [0.29, 0.717) is 18.7 Å². The van der Waals surface area contributed by atoms with Gasteiger partial charge in [0.25, 0.3) is 5.91 Å². The fourth-order valence-electron chi connectivity index (χ4n) is 4.01. The van der Waals surface area contributed by atoms with Crippen molar-refractivity contribution in [1.82, 2.24) is 5.32 Å². The van der Waals surface area contributed by atoms with Gasteiger partial charge in [-0.05, 0) is 60.4 Å². The fourth-order valence-corrected chi connectivity index (χ4v) is 4.01. The van der Waals surface area contributed by atoms with Gasteiger partial charge in [0.2, 0.25) is 5.91 Å². The van der Waals surface area contributed by atoms with Crippen molar-refractivity contribution in [2.24, 2.45) is 0 Å². The van der Waals surface area contributed by atoms with Crippen LogP contribution in [0.15, 0.2) is 78.9 Å². The first-order valence-corrected chi connectivity index (χ1v) is 11.6. The number of amides is 2. The lowest BCUT2D eigenvalue weighted by Gasteiger charge is -2.24. The molecule has 3 aromatic rings. The Bertz CT molecular complexity index is 1080. The predicted octanol–water partition coefficient (Wildman–Crippen LogP) is 4.38. The Hall–Kier alpha value is -3.64. The number of hydrogen-bond donors (Lipinski definition) is 1. The van der Waals surface area contributed by atoms with Crippen molar-refractivity contribution < 1.29 is 19.1 Å². The zero-order chi connectivity index (χ0) is 23.8. The van der Waals surface area contributed by atoms with Crippen LogP contribution in [0.4, 0.5) is 5.69 Å². The van der Waals surface area contributed by atoms with Crippen LogP contribution in [0.2, 0.25) is 0 Å². The first-order chi connectivity index (χ1) is 16.6. The van der Waals surface area contributed by atoms with Gasteiger partial charge < -0.3 is 19.7 Å². The molecule has 1 saturated heterocycles. The van der Waals surface area contributed by atoms with Gasteiger partial charge in [-0.15, -0.1) is 0 Å². The highest BCUT2D eigenvalue weighted by molar-refractivity contribution is 6.06. The molecule has 6 nitrogen and oxygen atoms in total. The minimum absolute atomic E-state index is 0.0290. The highest BCUT2D eigenvalue weighted by Crippen LogP contribution is 2.22. The number of benzene rings is 3. The standard InChI is InChI=1S/C28H30N2O4/c1-33-25-15-11-22(12-16-25)20-30(28(32)23-6-3-2-4-7-23)24-13-9-21(10-14-24)18-27(31)29-19-26-8-5-17-34-26/h2-4,6-7,9-16,26H,5,8,17-20H2,1H3,(H,29,31)/t26-/m1/s1. The summed E-state index contributed by atoms with van der Waals surface area (Å²) in [5.74, 6) is 0.656. The molecule has 2 amide bonds. The van der Waals surface area contributed by atoms with Crippen LogP contribution in [0, 0.1) is 0 Å². The summed E-state index contributed by atoms with van der Waals surface area (Å²) in [7, 11) is 1.63. The molecule has 6 heteroatoms. The molecule has 176 valence electrons. The molecule has 0 radical (unpaired) electrons. The second-order valence-electron chi connectivity index (χ2n) is 8.39. The first-order valence-electron chi connectivity index (χ1n) is 11.6. The number of rotatable bonds is 9. The highest BCUT2D eigenvalue weighted by atomic mass is 16.5. The molecule has 34 heavy (non-hydrogen) atoms. The topological polar surface area (TPSA) is 67.9 Å². The third-order valence-corrected chi connectivity index (χ3v) is 5.93. The van der Waals surface area contributed by atoms with Gasteiger partial charge in [-0.1, -0.05) is 42.5 Å². The molecule has 0 aromatic heterocycles. The minimum Gasteiger partial charge on any atom is -0.497 e. The number of ether oxygens (including phenoxy) is 2. The van der Waals surface area contributed by atoms with E-state index < -0.39 is 0 Å². The average molecular weight is 459 g/mol. The van der Waals surface area contributed by atoms with Crippen LogP contribution in [0.25, 0.3) is 0 Å². The van der Waals surface area contributed by atoms with Crippen molar-refractivity contribution in [1.29, 1.82) is 0 Å². The monoisotopic (exact) mass is 458 g/mol. The van der Waals surface area contributed by atoms with Crippen LogP contribution in [0.1, 0.15) is 34.3 Å². The molecule has 0 bridgehead atoms. The second kappa shape index (κ2) is 11.5. The van der Waals surface area contributed by atoms with Gasteiger partial charge in [0.15, 0.2) is 0 Å². The second-order valence-corrected chi connectivity index (χ2v) is 8.39. The van der Waals surface area contributed by atoms with Crippen molar-refractivity contribution in [3.8, 4) is 5.75 Å². The van der Waals surface area contributed by atoms with Crippen LogP contribution >= 0.6 is 0 Å². The summed E-state index contributed by atoms with van der Waals surface area (Å²) in [5, 5.41) is 2.95. The minimum atomic E-state index is -0.0847. The van der Waals surface area contributed by atoms with Crippen LogP contribution in [-0.4, -0.2) is 38.2 Å². The lowest BCUT2D eigenvalue weighted by atomic mass is 10.1. The number of anilines is 1. The Morgan fingerprint density at radius 1 is 0.971 bits per heavy atom. The Balaban J connectivity index is 1.47. The molecule has 1 fully saturated rings. The normalized spacial score (nSPS) is 15.0. The summed E-state index contributed by atoms with van der Waals surface area (Å²) >= 11 is 0. The average Bonchev–Trinajstić information content (AvgIpc) is 3.41. The zero-order valence-corrected chi connectivity index (χ0v) is 19.4. The van der Waals surface area contributed by atoms with E-state index in [0.717, 1.165) is 42.0 Å². The number of nitrogens with zero attached hydrogens (tertiary/aromatic N) is 1. The third kappa shape index (κ3) is 6.23. The van der Waals surface area contributed by atoms with Crippen molar-refractivity contribution >= 4 is 17.5 Å². The maximum absolute atomic E-state index is 13.4. The van der Waals surface area contributed by atoms with Gasteiger partial charge in [-0.25, -0.2) is 0 Å². The van der Waals surface area contributed by atoms with Crippen LogP contribution in [-0.2, 0) is 22.5 Å². The van der Waals surface area contributed by atoms with Crippen molar-refractivity contribution in [2.45, 2.75) is 31.9 Å². The quantitative estimate of drug-likeness (QED) is 0.517. The van der Waals surface area contributed by atoms with E-state index in [1.54, 1.807) is 12.0 Å². The molecule has 1 aliphatic heterocycles. The number of carbonyl (C=O) groups is 2. The summed E-state index contributed by atoms with van der Waals surface area (Å²) in [6.07, 6.45) is 2.46. The fraction of sp³-hybridized carbons (Fsp3) is 0.286. The van der Waals surface area contributed by atoms with Gasteiger partial charge in [-0.2, -0.15) is 0 Å². The van der Waals surface area contributed by atoms with Gasteiger partial charge in [-0.3, -0.25) is 9.59 Å². The summed E-state index contributed by atoms with van der Waals surface area (Å²) in [5.41, 5.74) is 3.27. The number of hydrogen-bond acceptors (Lipinski definition) is 4.